The highest BCUT2D eigenvalue weighted by atomic mass is 32.2. The van der Waals surface area contributed by atoms with Crippen molar-refractivity contribution >= 4 is 10.8 Å². The summed E-state index contributed by atoms with van der Waals surface area (Å²) in [7, 11) is -1.23. The van der Waals surface area contributed by atoms with Crippen molar-refractivity contribution in [2.24, 2.45) is 0 Å². The molecule has 0 bridgehead atoms. The molecule has 6 heteroatoms. The molecule has 0 N–H and O–H groups in total. The Morgan fingerprint density at radius 2 is 1.88 bits per heavy atom. The van der Waals surface area contributed by atoms with Crippen molar-refractivity contribution in [3.05, 3.63) is 71.3 Å². The average molecular weight is 344 g/mol. The fourth-order valence-electron chi connectivity index (χ4n) is 2.37. The van der Waals surface area contributed by atoms with E-state index in [0.29, 0.717) is 11.7 Å². The highest BCUT2D eigenvalue weighted by Gasteiger charge is 2.18. The van der Waals surface area contributed by atoms with Gasteiger partial charge in [0.25, 0.3) is 5.89 Å². The van der Waals surface area contributed by atoms with Gasteiger partial charge in [0, 0.05) is 16.4 Å². The van der Waals surface area contributed by atoms with Gasteiger partial charge < -0.3 is 4.52 Å². The van der Waals surface area contributed by atoms with Crippen molar-refractivity contribution in [1.82, 2.24) is 10.1 Å². The summed E-state index contributed by atoms with van der Waals surface area (Å²) in [6.45, 7) is 3.81. The van der Waals surface area contributed by atoms with E-state index in [1.165, 1.54) is 12.1 Å². The normalized spacial score (nSPS) is 13.6. The summed E-state index contributed by atoms with van der Waals surface area (Å²) in [5.41, 5.74) is 2.72. The van der Waals surface area contributed by atoms with Gasteiger partial charge in [-0.25, -0.2) is 4.39 Å². The lowest BCUT2D eigenvalue weighted by molar-refractivity contribution is 0.424. The van der Waals surface area contributed by atoms with Gasteiger partial charge in [0.2, 0.25) is 0 Å². The molecule has 0 saturated carbocycles. The van der Waals surface area contributed by atoms with Gasteiger partial charge in [-0.1, -0.05) is 35.5 Å². The number of rotatable bonds is 5. The minimum Gasteiger partial charge on any atom is -0.334 e. The van der Waals surface area contributed by atoms with Crippen LogP contribution in [0.25, 0.3) is 11.5 Å². The SMILES string of the molecule is Cc1ccccc1-c1nc(C[S@@](=O)[C@@H](C)c2ccc(F)cc2)no1. The molecule has 0 radical (unpaired) electrons. The van der Waals surface area contributed by atoms with Gasteiger partial charge in [0.1, 0.15) is 5.82 Å². The zero-order valence-corrected chi connectivity index (χ0v) is 14.2. The predicted octanol–water partition coefficient (Wildman–Crippen LogP) is 4.19. The maximum absolute atomic E-state index is 13.0. The second-order valence-corrected chi connectivity index (χ2v) is 7.31. The van der Waals surface area contributed by atoms with Crippen LogP contribution >= 0.6 is 0 Å². The zero-order valence-electron chi connectivity index (χ0n) is 13.4. The van der Waals surface area contributed by atoms with Crippen LogP contribution < -0.4 is 0 Å². The van der Waals surface area contributed by atoms with Gasteiger partial charge in [-0.3, -0.25) is 4.21 Å². The molecule has 24 heavy (non-hydrogen) atoms. The molecular formula is C18H17FN2O2S. The lowest BCUT2D eigenvalue weighted by Crippen LogP contribution is -2.06. The van der Waals surface area contributed by atoms with Crippen LogP contribution in [0.5, 0.6) is 0 Å². The van der Waals surface area contributed by atoms with Crippen LogP contribution in [0.1, 0.15) is 29.1 Å². The molecule has 0 aliphatic carbocycles. The van der Waals surface area contributed by atoms with E-state index in [0.717, 1.165) is 16.7 Å². The number of hydrogen-bond donors (Lipinski definition) is 0. The van der Waals surface area contributed by atoms with Crippen LogP contribution in [0.2, 0.25) is 0 Å². The highest BCUT2D eigenvalue weighted by molar-refractivity contribution is 7.84. The quantitative estimate of drug-likeness (QED) is 0.696. The average Bonchev–Trinajstić information content (AvgIpc) is 3.03. The fourth-order valence-corrected chi connectivity index (χ4v) is 3.46. The molecule has 3 aromatic rings. The molecule has 0 unspecified atom stereocenters. The molecule has 1 heterocycles. The van der Waals surface area contributed by atoms with Crippen LogP contribution in [0, 0.1) is 12.7 Å². The Morgan fingerprint density at radius 1 is 1.17 bits per heavy atom. The Morgan fingerprint density at radius 3 is 2.58 bits per heavy atom. The molecule has 0 fully saturated rings. The molecule has 0 aliphatic rings. The minimum atomic E-state index is -1.23. The zero-order chi connectivity index (χ0) is 17.1. The van der Waals surface area contributed by atoms with Crippen LogP contribution in [-0.2, 0) is 16.6 Å². The van der Waals surface area contributed by atoms with Gasteiger partial charge in [-0.05, 0) is 43.2 Å². The van der Waals surface area contributed by atoms with E-state index in [1.807, 2.05) is 38.1 Å². The van der Waals surface area contributed by atoms with E-state index < -0.39 is 10.8 Å². The first-order valence-corrected chi connectivity index (χ1v) is 8.94. The molecule has 1 aromatic heterocycles. The monoisotopic (exact) mass is 344 g/mol. The first-order valence-electron chi connectivity index (χ1n) is 7.56. The van der Waals surface area contributed by atoms with Crippen molar-refractivity contribution in [2.75, 3.05) is 0 Å². The maximum Gasteiger partial charge on any atom is 0.258 e. The molecule has 0 amide bonds. The standard InChI is InChI=1S/C18H17FN2O2S/c1-12-5-3-4-6-16(12)18-20-17(21-23-18)11-24(22)13(2)14-7-9-15(19)10-8-14/h3-10,13H,11H2,1-2H3/t13-,24+/m0/s1. The van der Waals surface area contributed by atoms with Gasteiger partial charge >= 0.3 is 0 Å². The molecule has 0 aliphatic heterocycles. The summed E-state index contributed by atoms with van der Waals surface area (Å²) < 4.78 is 30.8. The predicted molar refractivity (Wildman–Crippen MR) is 91.1 cm³/mol. The Bertz CT molecular complexity index is 861. The largest absolute Gasteiger partial charge is 0.334 e. The van der Waals surface area contributed by atoms with E-state index in [2.05, 4.69) is 10.1 Å². The van der Waals surface area contributed by atoms with Gasteiger partial charge in [-0.2, -0.15) is 4.98 Å². The molecule has 0 saturated heterocycles. The summed E-state index contributed by atoms with van der Waals surface area (Å²) in [6, 6.07) is 13.7. The van der Waals surface area contributed by atoms with E-state index in [-0.39, 0.29) is 16.8 Å². The number of benzene rings is 2. The number of hydrogen-bond acceptors (Lipinski definition) is 4. The number of aryl methyl sites for hydroxylation is 1. The molecule has 124 valence electrons. The summed E-state index contributed by atoms with van der Waals surface area (Å²) >= 11 is 0. The summed E-state index contributed by atoms with van der Waals surface area (Å²) in [5.74, 6) is 0.710. The molecule has 3 rings (SSSR count). The van der Waals surface area contributed by atoms with E-state index in [1.54, 1.807) is 12.1 Å². The fraction of sp³-hybridized carbons (Fsp3) is 0.222. The van der Waals surface area contributed by atoms with Crippen molar-refractivity contribution in [2.45, 2.75) is 24.9 Å². The maximum atomic E-state index is 13.0. The first kappa shape index (κ1) is 16.5. The van der Waals surface area contributed by atoms with Crippen molar-refractivity contribution in [1.29, 1.82) is 0 Å². The number of nitrogens with zero attached hydrogens (tertiary/aromatic N) is 2. The molecule has 2 atom stereocenters. The Kier molecular flexibility index (Phi) is 4.85. The van der Waals surface area contributed by atoms with Gasteiger partial charge in [0.15, 0.2) is 5.82 Å². The van der Waals surface area contributed by atoms with E-state index in [9.17, 15) is 8.60 Å². The summed E-state index contributed by atoms with van der Waals surface area (Å²) in [4.78, 5) is 4.34. The number of halogens is 1. The Hall–Kier alpha value is -2.34. The topological polar surface area (TPSA) is 56.0 Å². The highest BCUT2D eigenvalue weighted by Crippen LogP contribution is 2.24. The summed E-state index contributed by atoms with van der Waals surface area (Å²) in [5, 5.41) is 3.68. The van der Waals surface area contributed by atoms with Crippen LogP contribution in [0.3, 0.4) is 0 Å². The van der Waals surface area contributed by atoms with Crippen LogP contribution in [0.4, 0.5) is 4.39 Å². The summed E-state index contributed by atoms with van der Waals surface area (Å²) in [6.07, 6.45) is 0. The van der Waals surface area contributed by atoms with Crippen LogP contribution in [0.15, 0.2) is 53.1 Å². The second kappa shape index (κ2) is 7.05. The van der Waals surface area contributed by atoms with Crippen molar-refractivity contribution < 1.29 is 13.1 Å². The third-order valence-corrected chi connectivity index (χ3v) is 5.45. The molecule has 4 nitrogen and oxygen atoms in total. The lowest BCUT2D eigenvalue weighted by atomic mass is 10.1. The van der Waals surface area contributed by atoms with Crippen molar-refractivity contribution in [3.63, 3.8) is 0 Å². The third kappa shape index (κ3) is 3.59. The molecule has 2 aromatic carbocycles. The first-order chi connectivity index (χ1) is 11.5. The van der Waals surface area contributed by atoms with Gasteiger partial charge in [-0.15, -0.1) is 0 Å². The minimum absolute atomic E-state index is 0.188. The number of aromatic nitrogens is 2. The van der Waals surface area contributed by atoms with Gasteiger partial charge in [0.05, 0.1) is 11.0 Å². The second-order valence-electron chi connectivity index (χ2n) is 5.55. The van der Waals surface area contributed by atoms with Crippen LogP contribution in [-0.4, -0.2) is 14.3 Å². The van der Waals surface area contributed by atoms with Crippen molar-refractivity contribution in [3.8, 4) is 11.5 Å². The Balaban J connectivity index is 1.73. The smallest absolute Gasteiger partial charge is 0.258 e. The lowest BCUT2D eigenvalue weighted by Gasteiger charge is -2.10. The van der Waals surface area contributed by atoms with E-state index >= 15 is 0 Å². The molecule has 0 spiro atoms. The molecular weight excluding hydrogens is 327 g/mol. The van der Waals surface area contributed by atoms with E-state index in [4.69, 9.17) is 4.52 Å². The Labute approximate surface area is 142 Å². The third-order valence-electron chi connectivity index (χ3n) is 3.85.